The summed E-state index contributed by atoms with van der Waals surface area (Å²) in [4.78, 5) is 19.4. The first kappa shape index (κ1) is 18.3. The van der Waals surface area contributed by atoms with Gasteiger partial charge in [0.2, 0.25) is 0 Å². The fourth-order valence-corrected chi connectivity index (χ4v) is 4.77. The topological polar surface area (TPSA) is 42.0 Å². The maximum Gasteiger partial charge on any atom is 0.264 e. The standard InChI is InChI=1S/C21H26N2O3S/c1-3-19-15(2)12-20(27-19)21(24)23-8-6-22(7-9-23)14-16-4-5-17-18(13-16)26-11-10-25-17/h4-5,12-13H,3,6-11,14H2,1-2H3. The van der Waals surface area contributed by atoms with E-state index >= 15 is 0 Å². The van der Waals surface area contributed by atoms with Crippen molar-refractivity contribution in [3.8, 4) is 11.5 Å². The molecule has 0 N–H and O–H groups in total. The van der Waals surface area contributed by atoms with Gasteiger partial charge in [0.15, 0.2) is 11.5 Å². The van der Waals surface area contributed by atoms with Gasteiger partial charge in [-0.05, 0) is 42.7 Å². The van der Waals surface area contributed by atoms with Gasteiger partial charge in [0, 0.05) is 37.6 Å². The molecule has 2 aromatic rings. The van der Waals surface area contributed by atoms with Crippen LogP contribution >= 0.6 is 11.3 Å². The van der Waals surface area contributed by atoms with Crippen LogP contribution in [0.4, 0.5) is 0 Å². The van der Waals surface area contributed by atoms with Crippen LogP contribution in [0.1, 0.15) is 32.6 Å². The van der Waals surface area contributed by atoms with Gasteiger partial charge in [0.05, 0.1) is 4.88 Å². The summed E-state index contributed by atoms with van der Waals surface area (Å²) in [6.45, 7) is 9.68. The van der Waals surface area contributed by atoms with Crippen molar-refractivity contribution in [1.29, 1.82) is 0 Å². The summed E-state index contributed by atoms with van der Waals surface area (Å²) >= 11 is 1.65. The zero-order valence-corrected chi connectivity index (χ0v) is 16.8. The van der Waals surface area contributed by atoms with E-state index in [1.54, 1.807) is 11.3 Å². The quantitative estimate of drug-likeness (QED) is 0.808. The second kappa shape index (κ2) is 7.90. The lowest BCUT2D eigenvalue weighted by Gasteiger charge is -2.34. The molecule has 0 spiro atoms. The number of benzene rings is 1. The van der Waals surface area contributed by atoms with E-state index < -0.39 is 0 Å². The molecule has 5 nitrogen and oxygen atoms in total. The lowest BCUT2D eigenvalue weighted by Crippen LogP contribution is -2.48. The SMILES string of the molecule is CCc1sc(C(=O)N2CCN(Cc3ccc4c(c3)OCCO4)CC2)cc1C. The molecule has 4 rings (SSSR count). The van der Waals surface area contributed by atoms with Gasteiger partial charge in [-0.3, -0.25) is 9.69 Å². The van der Waals surface area contributed by atoms with Crippen molar-refractivity contribution in [3.05, 3.63) is 45.1 Å². The summed E-state index contributed by atoms with van der Waals surface area (Å²) in [5.41, 5.74) is 2.46. The Hall–Kier alpha value is -2.05. The fraction of sp³-hybridized carbons (Fsp3) is 0.476. The smallest absolute Gasteiger partial charge is 0.264 e. The number of ether oxygens (including phenoxy) is 2. The van der Waals surface area contributed by atoms with Gasteiger partial charge in [-0.2, -0.15) is 0 Å². The van der Waals surface area contributed by atoms with Crippen LogP contribution in [0.3, 0.4) is 0 Å². The Kier molecular flexibility index (Phi) is 5.36. The third-order valence-electron chi connectivity index (χ3n) is 5.22. The van der Waals surface area contributed by atoms with Gasteiger partial charge in [-0.15, -0.1) is 11.3 Å². The van der Waals surface area contributed by atoms with E-state index in [-0.39, 0.29) is 5.91 Å². The van der Waals surface area contributed by atoms with Crippen LogP contribution in [0.15, 0.2) is 24.3 Å². The van der Waals surface area contributed by atoms with Crippen LogP contribution < -0.4 is 9.47 Å². The summed E-state index contributed by atoms with van der Waals surface area (Å²) < 4.78 is 11.3. The Morgan fingerprint density at radius 1 is 1.07 bits per heavy atom. The number of nitrogens with zero attached hydrogens (tertiary/aromatic N) is 2. The highest BCUT2D eigenvalue weighted by Gasteiger charge is 2.24. The van der Waals surface area contributed by atoms with Crippen LogP contribution in [0.5, 0.6) is 11.5 Å². The summed E-state index contributed by atoms with van der Waals surface area (Å²) in [5.74, 6) is 1.85. The molecular weight excluding hydrogens is 360 g/mol. The number of rotatable bonds is 4. The number of piperazine rings is 1. The first-order chi connectivity index (χ1) is 13.1. The van der Waals surface area contributed by atoms with Crippen LogP contribution in [0, 0.1) is 6.92 Å². The largest absolute Gasteiger partial charge is 0.486 e. The molecule has 3 heterocycles. The Morgan fingerprint density at radius 3 is 2.52 bits per heavy atom. The molecule has 1 amide bonds. The molecule has 0 unspecified atom stereocenters. The Balaban J connectivity index is 1.34. The van der Waals surface area contributed by atoms with E-state index in [2.05, 4.69) is 30.9 Å². The maximum absolute atomic E-state index is 12.8. The second-order valence-electron chi connectivity index (χ2n) is 7.12. The summed E-state index contributed by atoms with van der Waals surface area (Å²) in [5, 5.41) is 0. The third-order valence-corrected chi connectivity index (χ3v) is 6.59. The molecule has 1 aromatic heterocycles. The molecule has 1 saturated heterocycles. The second-order valence-corrected chi connectivity index (χ2v) is 8.25. The van der Waals surface area contributed by atoms with Gasteiger partial charge in [0.1, 0.15) is 13.2 Å². The van der Waals surface area contributed by atoms with Crippen LogP contribution in [-0.4, -0.2) is 55.1 Å². The van der Waals surface area contributed by atoms with Crippen molar-refractivity contribution in [1.82, 2.24) is 9.80 Å². The van der Waals surface area contributed by atoms with E-state index in [1.807, 2.05) is 17.0 Å². The minimum atomic E-state index is 0.182. The molecule has 1 aromatic carbocycles. The minimum absolute atomic E-state index is 0.182. The molecule has 0 saturated carbocycles. The lowest BCUT2D eigenvalue weighted by atomic mass is 10.1. The molecule has 0 aliphatic carbocycles. The summed E-state index contributed by atoms with van der Waals surface area (Å²) in [6.07, 6.45) is 0.993. The first-order valence-electron chi connectivity index (χ1n) is 9.63. The van der Waals surface area contributed by atoms with Gasteiger partial charge in [-0.25, -0.2) is 0 Å². The highest BCUT2D eigenvalue weighted by atomic mass is 32.1. The number of amides is 1. The molecule has 27 heavy (non-hydrogen) atoms. The molecule has 144 valence electrons. The van der Waals surface area contributed by atoms with Crippen molar-refractivity contribution >= 4 is 17.2 Å². The van der Waals surface area contributed by atoms with Gasteiger partial charge in [-0.1, -0.05) is 13.0 Å². The van der Waals surface area contributed by atoms with E-state index in [1.165, 1.54) is 16.0 Å². The molecule has 0 radical (unpaired) electrons. The monoisotopic (exact) mass is 386 g/mol. The van der Waals surface area contributed by atoms with Crippen molar-refractivity contribution in [3.63, 3.8) is 0 Å². The molecule has 0 bridgehead atoms. The average molecular weight is 387 g/mol. The highest BCUT2D eigenvalue weighted by molar-refractivity contribution is 7.14. The van der Waals surface area contributed by atoms with E-state index in [4.69, 9.17) is 9.47 Å². The number of carbonyl (C=O) groups is 1. The van der Waals surface area contributed by atoms with E-state index in [9.17, 15) is 4.79 Å². The highest BCUT2D eigenvalue weighted by Crippen LogP contribution is 2.31. The fourth-order valence-electron chi connectivity index (χ4n) is 3.69. The number of hydrogen-bond acceptors (Lipinski definition) is 5. The number of aryl methyl sites for hydroxylation is 2. The zero-order valence-electron chi connectivity index (χ0n) is 16.0. The Labute approximate surface area is 164 Å². The molecule has 2 aliphatic rings. The first-order valence-corrected chi connectivity index (χ1v) is 10.4. The van der Waals surface area contributed by atoms with E-state index in [0.29, 0.717) is 13.2 Å². The van der Waals surface area contributed by atoms with Gasteiger partial charge < -0.3 is 14.4 Å². The third kappa shape index (κ3) is 3.96. The normalized spacial score (nSPS) is 17.2. The molecule has 2 aliphatic heterocycles. The van der Waals surface area contributed by atoms with Crippen LogP contribution in [-0.2, 0) is 13.0 Å². The molecule has 1 fully saturated rings. The molecule has 6 heteroatoms. The summed E-state index contributed by atoms with van der Waals surface area (Å²) in [6, 6.07) is 8.22. The number of fused-ring (bicyclic) bond motifs is 1. The van der Waals surface area contributed by atoms with Crippen LogP contribution in [0.2, 0.25) is 0 Å². The van der Waals surface area contributed by atoms with Crippen LogP contribution in [0.25, 0.3) is 0 Å². The van der Waals surface area contributed by atoms with E-state index in [0.717, 1.165) is 55.5 Å². The van der Waals surface area contributed by atoms with Crippen molar-refractivity contribution < 1.29 is 14.3 Å². The Morgan fingerprint density at radius 2 is 1.81 bits per heavy atom. The van der Waals surface area contributed by atoms with Crippen molar-refractivity contribution in [2.24, 2.45) is 0 Å². The Bertz CT molecular complexity index is 825. The van der Waals surface area contributed by atoms with Crippen molar-refractivity contribution in [2.45, 2.75) is 26.8 Å². The number of hydrogen-bond donors (Lipinski definition) is 0. The predicted molar refractivity (Wildman–Crippen MR) is 107 cm³/mol. The van der Waals surface area contributed by atoms with Crippen molar-refractivity contribution in [2.75, 3.05) is 39.4 Å². The zero-order chi connectivity index (χ0) is 18.8. The van der Waals surface area contributed by atoms with Gasteiger partial charge in [0.25, 0.3) is 5.91 Å². The maximum atomic E-state index is 12.8. The number of thiophene rings is 1. The number of carbonyl (C=O) groups excluding carboxylic acids is 1. The average Bonchev–Trinajstić information content (AvgIpc) is 3.08. The summed E-state index contributed by atoms with van der Waals surface area (Å²) in [7, 11) is 0. The van der Waals surface area contributed by atoms with Gasteiger partial charge >= 0.3 is 0 Å². The minimum Gasteiger partial charge on any atom is -0.486 e. The molecular formula is C21H26N2O3S. The molecule has 0 atom stereocenters. The lowest BCUT2D eigenvalue weighted by molar-refractivity contribution is 0.0633. The predicted octanol–water partition coefficient (Wildman–Crippen LogP) is 3.35.